The summed E-state index contributed by atoms with van der Waals surface area (Å²) in [4.78, 5) is 0. The zero-order chi connectivity index (χ0) is 17.1. The molecule has 0 saturated heterocycles. The SMILES string of the molecule is C[C@H]1CC[C@@H]2[C@H]1CC[C@H]1[C@@H]2CC[C@@H]2C[C@H](OS(=O)(=O)O)CC[C@@]21C. The number of fused-ring (bicyclic) bond motifs is 5. The summed E-state index contributed by atoms with van der Waals surface area (Å²) in [6.07, 6.45) is 10.4. The maximum Gasteiger partial charge on any atom is 0.397 e. The topological polar surface area (TPSA) is 63.6 Å². The Labute approximate surface area is 146 Å². The molecule has 0 bridgehead atoms. The van der Waals surface area contributed by atoms with Gasteiger partial charge in [-0.25, -0.2) is 4.18 Å². The third-order valence-electron chi connectivity index (χ3n) is 8.55. The highest BCUT2D eigenvalue weighted by molar-refractivity contribution is 7.80. The monoisotopic (exact) mass is 356 g/mol. The predicted molar refractivity (Wildman–Crippen MR) is 92.7 cm³/mol. The lowest BCUT2D eigenvalue weighted by Crippen LogP contribution is -2.52. The molecule has 4 fully saturated rings. The van der Waals surface area contributed by atoms with E-state index in [0.29, 0.717) is 11.3 Å². The van der Waals surface area contributed by atoms with E-state index in [0.717, 1.165) is 48.9 Å². The molecule has 4 aliphatic carbocycles. The van der Waals surface area contributed by atoms with Gasteiger partial charge < -0.3 is 0 Å². The quantitative estimate of drug-likeness (QED) is 0.742. The second-order valence-corrected chi connectivity index (χ2v) is 10.5. The second kappa shape index (κ2) is 5.95. The lowest BCUT2D eigenvalue weighted by Gasteiger charge is -2.59. The molecular formula is C19H32O4S. The van der Waals surface area contributed by atoms with Crippen LogP contribution in [-0.2, 0) is 14.6 Å². The molecule has 0 radical (unpaired) electrons. The van der Waals surface area contributed by atoms with Crippen molar-refractivity contribution in [1.29, 1.82) is 0 Å². The van der Waals surface area contributed by atoms with Crippen LogP contribution in [0.2, 0.25) is 0 Å². The van der Waals surface area contributed by atoms with Crippen LogP contribution in [0.3, 0.4) is 0 Å². The fourth-order valence-corrected chi connectivity index (χ4v) is 7.94. The van der Waals surface area contributed by atoms with Crippen molar-refractivity contribution in [3.05, 3.63) is 0 Å². The fourth-order valence-electron chi connectivity index (χ4n) is 7.42. The summed E-state index contributed by atoms with van der Waals surface area (Å²) < 4.78 is 36.0. The second-order valence-electron chi connectivity index (χ2n) is 9.43. The first-order chi connectivity index (χ1) is 11.3. The molecule has 1 N–H and O–H groups in total. The van der Waals surface area contributed by atoms with Crippen molar-refractivity contribution < 1.29 is 17.2 Å². The molecule has 0 aromatic heterocycles. The average molecular weight is 357 g/mol. The van der Waals surface area contributed by atoms with Crippen molar-refractivity contribution in [3.8, 4) is 0 Å². The van der Waals surface area contributed by atoms with E-state index in [2.05, 4.69) is 13.8 Å². The highest BCUT2D eigenvalue weighted by atomic mass is 32.3. The Balaban J connectivity index is 1.50. The molecule has 4 rings (SSSR count). The molecule has 0 amide bonds. The minimum Gasteiger partial charge on any atom is -0.264 e. The predicted octanol–water partition coefficient (Wildman–Crippen LogP) is 4.46. The van der Waals surface area contributed by atoms with Crippen LogP contribution < -0.4 is 0 Å². The molecule has 5 heteroatoms. The Hall–Kier alpha value is -0.130. The van der Waals surface area contributed by atoms with Gasteiger partial charge in [-0.15, -0.1) is 0 Å². The molecule has 0 aromatic rings. The van der Waals surface area contributed by atoms with Crippen LogP contribution in [0.5, 0.6) is 0 Å². The van der Waals surface area contributed by atoms with Crippen molar-refractivity contribution in [2.75, 3.05) is 0 Å². The standard InChI is InChI=1S/C19H32O4S/c1-12-3-5-16-15(12)7-8-18-17(16)6-4-13-11-14(23-24(20,21)22)9-10-19(13,18)2/h12-18H,3-11H2,1-2H3,(H,20,21,22)/t12-,13+,14+,15-,16+,17+,18-,19-/m0/s1. The Morgan fingerprint density at radius 3 is 2.42 bits per heavy atom. The largest absolute Gasteiger partial charge is 0.397 e. The number of hydrogen-bond acceptors (Lipinski definition) is 3. The summed E-state index contributed by atoms with van der Waals surface area (Å²) in [6, 6.07) is 0. The van der Waals surface area contributed by atoms with Crippen LogP contribution >= 0.6 is 0 Å². The van der Waals surface area contributed by atoms with Gasteiger partial charge in [0.05, 0.1) is 6.10 Å². The van der Waals surface area contributed by atoms with Crippen LogP contribution in [0.25, 0.3) is 0 Å². The molecular weight excluding hydrogens is 324 g/mol. The van der Waals surface area contributed by atoms with E-state index in [1.54, 1.807) is 0 Å². The van der Waals surface area contributed by atoms with Crippen molar-refractivity contribution in [3.63, 3.8) is 0 Å². The molecule has 4 aliphatic rings. The Morgan fingerprint density at radius 2 is 1.67 bits per heavy atom. The van der Waals surface area contributed by atoms with E-state index in [4.69, 9.17) is 8.74 Å². The summed E-state index contributed by atoms with van der Waals surface area (Å²) in [7, 11) is -4.32. The van der Waals surface area contributed by atoms with Gasteiger partial charge in [-0.05, 0) is 92.3 Å². The normalized spacial score (nSPS) is 51.5. The smallest absolute Gasteiger partial charge is 0.264 e. The third-order valence-corrected chi connectivity index (χ3v) is 9.07. The summed E-state index contributed by atoms with van der Waals surface area (Å²) in [5.74, 6) is 5.09. The molecule has 4 saturated carbocycles. The molecule has 0 spiro atoms. The van der Waals surface area contributed by atoms with Crippen LogP contribution in [0.1, 0.15) is 71.6 Å². The number of rotatable bonds is 2. The average Bonchev–Trinajstić information content (AvgIpc) is 2.88. The Kier molecular flexibility index (Phi) is 4.29. The third kappa shape index (κ3) is 2.84. The first kappa shape index (κ1) is 17.3. The first-order valence-corrected chi connectivity index (χ1v) is 11.3. The van der Waals surface area contributed by atoms with Gasteiger partial charge in [0.15, 0.2) is 0 Å². The lowest BCUT2D eigenvalue weighted by atomic mass is 9.47. The summed E-state index contributed by atoms with van der Waals surface area (Å²) in [5.41, 5.74) is 0.346. The van der Waals surface area contributed by atoms with Crippen LogP contribution in [0.4, 0.5) is 0 Å². The van der Waals surface area contributed by atoms with Crippen molar-refractivity contribution in [2.45, 2.75) is 77.7 Å². The zero-order valence-electron chi connectivity index (χ0n) is 15.0. The minimum atomic E-state index is -4.32. The molecule has 4 nitrogen and oxygen atoms in total. The van der Waals surface area contributed by atoms with Gasteiger partial charge >= 0.3 is 10.4 Å². The zero-order valence-corrected chi connectivity index (χ0v) is 15.8. The number of hydrogen-bond donors (Lipinski definition) is 1. The maximum atomic E-state index is 11.1. The molecule has 24 heavy (non-hydrogen) atoms. The van der Waals surface area contributed by atoms with Gasteiger partial charge in [0.25, 0.3) is 0 Å². The Bertz CT molecular complexity index is 588. The van der Waals surface area contributed by atoms with E-state index in [1.165, 1.54) is 38.5 Å². The molecule has 8 atom stereocenters. The van der Waals surface area contributed by atoms with Gasteiger partial charge in [-0.3, -0.25) is 4.55 Å². The van der Waals surface area contributed by atoms with Crippen LogP contribution in [0.15, 0.2) is 0 Å². The highest BCUT2D eigenvalue weighted by Gasteiger charge is 2.56. The van der Waals surface area contributed by atoms with E-state index < -0.39 is 10.4 Å². The van der Waals surface area contributed by atoms with Gasteiger partial charge in [-0.2, -0.15) is 8.42 Å². The van der Waals surface area contributed by atoms with Gasteiger partial charge in [0.2, 0.25) is 0 Å². The van der Waals surface area contributed by atoms with Gasteiger partial charge in [0.1, 0.15) is 0 Å². The fraction of sp³-hybridized carbons (Fsp3) is 1.00. The lowest BCUT2D eigenvalue weighted by molar-refractivity contribution is -0.105. The van der Waals surface area contributed by atoms with E-state index >= 15 is 0 Å². The van der Waals surface area contributed by atoms with E-state index in [1.807, 2.05) is 0 Å². The first-order valence-electron chi connectivity index (χ1n) is 9.93. The molecule has 138 valence electrons. The van der Waals surface area contributed by atoms with Crippen molar-refractivity contribution in [2.24, 2.45) is 40.9 Å². The van der Waals surface area contributed by atoms with Crippen molar-refractivity contribution >= 4 is 10.4 Å². The molecule has 0 unspecified atom stereocenters. The maximum absolute atomic E-state index is 11.1. The molecule has 0 aromatic carbocycles. The summed E-state index contributed by atoms with van der Waals surface area (Å²) >= 11 is 0. The van der Waals surface area contributed by atoms with E-state index in [-0.39, 0.29) is 6.10 Å². The van der Waals surface area contributed by atoms with Crippen LogP contribution in [0, 0.1) is 40.9 Å². The van der Waals surface area contributed by atoms with Crippen molar-refractivity contribution in [1.82, 2.24) is 0 Å². The van der Waals surface area contributed by atoms with E-state index in [9.17, 15) is 8.42 Å². The highest BCUT2D eigenvalue weighted by Crippen LogP contribution is 2.63. The summed E-state index contributed by atoms with van der Waals surface area (Å²) in [5, 5.41) is 0. The van der Waals surface area contributed by atoms with Crippen LogP contribution in [-0.4, -0.2) is 19.1 Å². The minimum absolute atomic E-state index is 0.322. The van der Waals surface area contributed by atoms with Gasteiger partial charge in [0, 0.05) is 0 Å². The van der Waals surface area contributed by atoms with Gasteiger partial charge in [-0.1, -0.05) is 20.3 Å². The molecule has 0 heterocycles. The summed E-state index contributed by atoms with van der Waals surface area (Å²) in [6.45, 7) is 4.92. The molecule has 0 aliphatic heterocycles. The Morgan fingerprint density at radius 1 is 0.958 bits per heavy atom.